The van der Waals surface area contributed by atoms with Gasteiger partial charge in [0.1, 0.15) is 11.6 Å². The van der Waals surface area contributed by atoms with Crippen molar-refractivity contribution in [2.75, 3.05) is 11.4 Å². The molecule has 166 valence electrons. The number of nitrogens with one attached hydrogen (secondary N) is 1. The van der Waals surface area contributed by atoms with Gasteiger partial charge >= 0.3 is 0 Å². The van der Waals surface area contributed by atoms with Gasteiger partial charge in [0.25, 0.3) is 0 Å². The van der Waals surface area contributed by atoms with Crippen LogP contribution in [0.5, 0.6) is 0 Å². The second-order valence-corrected chi connectivity index (χ2v) is 8.61. The molecule has 0 saturated heterocycles. The van der Waals surface area contributed by atoms with Crippen LogP contribution in [0.1, 0.15) is 32.0 Å². The van der Waals surface area contributed by atoms with E-state index in [1.54, 1.807) is 35.7 Å². The van der Waals surface area contributed by atoms with E-state index in [1.807, 2.05) is 13.8 Å². The molecule has 32 heavy (non-hydrogen) atoms. The fourth-order valence-corrected chi connectivity index (χ4v) is 3.98. The molecule has 0 unspecified atom stereocenters. The highest BCUT2D eigenvalue weighted by atomic mass is 32.1. The van der Waals surface area contributed by atoms with Crippen molar-refractivity contribution >= 4 is 40.0 Å². The molecule has 1 heterocycles. The normalized spacial score (nSPS) is 11.5. The summed E-state index contributed by atoms with van der Waals surface area (Å²) < 4.78 is 28.2. The van der Waals surface area contributed by atoms with E-state index >= 15 is 0 Å². The van der Waals surface area contributed by atoms with E-state index in [0.29, 0.717) is 16.4 Å². The first kappa shape index (κ1) is 23.3. The second kappa shape index (κ2) is 9.82. The number of amides is 2. The van der Waals surface area contributed by atoms with Crippen molar-refractivity contribution in [3.05, 3.63) is 82.9 Å². The first-order valence-corrected chi connectivity index (χ1v) is 10.8. The summed E-state index contributed by atoms with van der Waals surface area (Å²) >= 11 is 1.16. The zero-order chi connectivity index (χ0) is 23.3. The van der Waals surface area contributed by atoms with Crippen LogP contribution in [0, 0.1) is 11.6 Å². The van der Waals surface area contributed by atoms with Crippen LogP contribution in [0.15, 0.2) is 60.0 Å². The van der Waals surface area contributed by atoms with Crippen molar-refractivity contribution in [2.45, 2.75) is 26.2 Å². The van der Waals surface area contributed by atoms with Gasteiger partial charge in [-0.2, -0.15) is 0 Å². The molecule has 0 fully saturated rings. The summed E-state index contributed by atoms with van der Waals surface area (Å²) in [5.74, 6) is -1.59. The average molecular weight is 456 g/mol. The largest absolute Gasteiger partial charge is 0.352 e. The Morgan fingerprint density at radius 2 is 1.75 bits per heavy atom. The maximum Gasteiger partial charge on any atom is 0.244 e. The Labute approximate surface area is 189 Å². The first-order chi connectivity index (χ1) is 15.2. The molecule has 0 saturated carbocycles. The number of rotatable bonds is 7. The molecule has 3 rings (SSSR count). The number of benzene rings is 2. The molecule has 0 radical (unpaired) electrons. The fraction of sp³-hybridized carbons (Fsp3) is 0.208. The predicted molar refractivity (Wildman–Crippen MR) is 123 cm³/mol. The Bertz CT molecular complexity index is 1160. The molecular weight excluding hydrogens is 432 g/mol. The molecule has 0 atom stereocenters. The van der Waals surface area contributed by atoms with Gasteiger partial charge in [-0.3, -0.25) is 14.5 Å². The van der Waals surface area contributed by atoms with Crippen molar-refractivity contribution in [2.24, 2.45) is 0 Å². The number of para-hydroxylation sites is 1. The summed E-state index contributed by atoms with van der Waals surface area (Å²) in [5, 5.41) is 4.73. The van der Waals surface area contributed by atoms with Gasteiger partial charge in [-0.1, -0.05) is 44.2 Å². The van der Waals surface area contributed by atoms with E-state index in [9.17, 15) is 18.4 Å². The molecule has 0 spiro atoms. The van der Waals surface area contributed by atoms with Crippen LogP contribution in [-0.2, 0) is 15.0 Å². The quantitative estimate of drug-likeness (QED) is 0.498. The molecule has 0 aliphatic carbocycles. The Balaban J connectivity index is 1.67. The summed E-state index contributed by atoms with van der Waals surface area (Å²) in [5.41, 5.74) is 0.490. The Morgan fingerprint density at radius 1 is 1.09 bits per heavy atom. The maximum atomic E-state index is 14.2. The number of anilines is 2. The highest BCUT2D eigenvalue weighted by Gasteiger charge is 2.24. The van der Waals surface area contributed by atoms with Crippen LogP contribution >= 0.6 is 11.3 Å². The molecule has 1 N–H and O–H groups in total. The van der Waals surface area contributed by atoms with Crippen LogP contribution in [-0.4, -0.2) is 23.3 Å². The van der Waals surface area contributed by atoms with Crippen molar-refractivity contribution < 1.29 is 18.4 Å². The predicted octanol–water partition coefficient (Wildman–Crippen LogP) is 5.21. The van der Waals surface area contributed by atoms with Crippen molar-refractivity contribution in [1.29, 1.82) is 0 Å². The third kappa shape index (κ3) is 5.45. The molecule has 2 aromatic carbocycles. The van der Waals surface area contributed by atoms with E-state index in [0.717, 1.165) is 11.3 Å². The van der Waals surface area contributed by atoms with Crippen molar-refractivity contribution in [1.82, 2.24) is 10.3 Å². The highest BCUT2D eigenvalue weighted by molar-refractivity contribution is 7.14. The monoisotopic (exact) mass is 455 g/mol. The van der Waals surface area contributed by atoms with Crippen molar-refractivity contribution in [3.8, 4) is 0 Å². The van der Waals surface area contributed by atoms with E-state index in [1.165, 1.54) is 42.2 Å². The average Bonchev–Trinajstić information content (AvgIpc) is 3.21. The van der Waals surface area contributed by atoms with Gasteiger partial charge in [-0.15, -0.1) is 11.3 Å². The Morgan fingerprint density at radius 3 is 2.41 bits per heavy atom. The Kier molecular flexibility index (Phi) is 7.15. The number of carbonyl (C=O) groups excluding carboxylic acids is 2. The van der Waals surface area contributed by atoms with E-state index < -0.39 is 11.2 Å². The Hall–Kier alpha value is -3.39. The van der Waals surface area contributed by atoms with Crippen LogP contribution in [0.2, 0.25) is 0 Å². The van der Waals surface area contributed by atoms with E-state index in [2.05, 4.69) is 10.3 Å². The molecular formula is C24H23F2N3O2S. The number of hydrogen-bond donors (Lipinski definition) is 1. The zero-order valence-electron chi connectivity index (χ0n) is 17.9. The topological polar surface area (TPSA) is 62.3 Å². The molecule has 8 heteroatoms. The zero-order valence-corrected chi connectivity index (χ0v) is 18.7. The van der Waals surface area contributed by atoms with Crippen molar-refractivity contribution in [3.63, 3.8) is 0 Å². The van der Waals surface area contributed by atoms with Gasteiger partial charge in [0.15, 0.2) is 5.13 Å². The lowest BCUT2D eigenvalue weighted by atomic mass is 9.84. The van der Waals surface area contributed by atoms with Gasteiger partial charge in [0.2, 0.25) is 11.8 Å². The maximum absolute atomic E-state index is 14.2. The minimum absolute atomic E-state index is 0.109. The van der Waals surface area contributed by atoms with Crippen LogP contribution in [0.3, 0.4) is 0 Å². The van der Waals surface area contributed by atoms with Gasteiger partial charge in [-0.05, 0) is 29.8 Å². The smallest absolute Gasteiger partial charge is 0.244 e. The molecule has 1 aromatic heterocycles. The van der Waals surface area contributed by atoms with Crippen LogP contribution < -0.4 is 10.2 Å². The van der Waals surface area contributed by atoms with Gasteiger partial charge in [0, 0.05) is 30.3 Å². The number of halogens is 2. The lowest BCUT2D eigenvalue weighted by Crippen LogP contribution is -2.36. The first-order valence-electron chi connectivity index (χ1n) is 9.91. The minimum atomic E-state index is -0.593. The number of carbonyl (C=O) groups is 2. The lowest BCUT2D eigenvalue weighted by molar-refractivity contribution is -0.117. The van der Waals surface area contributed by atoms with Gasteiger partial charge < -0.3 is 5.32 Å². The number of hydrogen-bond acceptors (Lipinski definition) is 4. The summed E-state index contributed by atoms with van der Waals surface area (Å²) in [6, 6.07) is 12.4. The molecule has 0 aliphatic heterocycles. The summed E-state index contributed by atoms with van der Waals surface area (Å²) in [6.45, 7) is 5.27. The molecule has 5 nitrogen and oxygen atoms in total. The molecule has 0 bridgehead atoms. The van der Waals surface area contributed by atoms with Gasteiger partial charge in [0.05, 0.1) is 11.4 Å². The molecule has 0 aliphatic rings. The van der Waals surface area contributed by atoms with Gasteiger partial charge in [-0.25, -0.2) is 13.8 Å². The van der Waals surface area contributed by atoms with Crippen LogP contribution in [0.4, 0.5) is 19.6 Å². The minimum Gasteiger partial charge on any atom is -0.352 e. The SMILES string of the molecule is CC(=O)N(c1nc(/C=C/C(=O)NCC(C)(C)c2ccccc2F)cs1)c1ccccc1F. The van der Waals surface area contributed by atoms with E-state index in [-0.39, 0.29) is 29.9 Å². The fourth-order valence-electron chi connectivity index (χ4n) is 3.13. The summed E-state index contributed by atoms with van der Waals surface area (Å²) in [6.07, 6.45) is 2.82. The molecule has 2 amide bonds. The third-order valence-corrected chi connectivity index (χ3v) is 5.67. The summed E-state index contributed by atoms with van der Waals surface area (Å²) in [4.78, 5) is 29.9. The highest BCUT2D eigenvalue weighted by Crippen LogP contribution is 2.31. The standard InChI is InChI=1S/C24H23F2N3O2S/c1-16(30)29(21-11-7-6-10-20(21)26)23-28-17(14-32-23)12-13-22(31)27-15-24(2,3)18-8-4-5-9-19(18)25/h4-14H,15H2,1-3H3,(H,27,31)/b13-12+. The number of thiazole rings is 1. The lowest BCUT2D eigenvalue weighted by Gasteiger charge is -2.25. The number of nitrogens with zero attached hydrogens (tertiary/aromatic N) is 2. The summed E-state index contributed by atoms with van der Waals surface area (Å²) in [7, 11) is 0. The van der Waals surface area contributed by atoms with Crippen LogP contribution in [0.25, 0.3) is 6.08 Å². The van der Waals surface area contributed by atoms with E-state index in [4.69, 9.17) is 0 Å². The second-order valence-electron chi connectivity index (χ2n) is 7.78. The molecule has 3 aromatic rings. The number of aromatic nitrogens is 1. The third-order valence-electron chi connectivity index (χ3n) is 4.82.